The second-order valence-corrected chi connectivity index (χ2v) is 2.93. The van der Waals surface area contributed by atoms with Gasteiger partial charge >= 0.3 is 0 Å². The van der Waals surface area contributed by atoms with Gasteiger partial charge in [-0.1, -0.05) is 16.8 Å². The number of halogens is 1. The minimum atomic E-state index is 0.308. The second kappa shape index (κ2) is 4.11. The van der Waals surface area contributed by atoms with Gasteiger partial charge in [0, 0.05) is 5.02 Å². The summed E-state index contributed by atoms with van der Waals surface area (Å²) < 4.78 is 0. The first-order valence-electron chi connectivity index (χ1n) is 3.64. The van der Waals surface area contributed by atoms with Gasteiger partial charge in [0.05, 0.1) is 5.69 Å². The Labute approximate surface area is 81.2 Å². The van der Waals surface area contributed by atoms with E-state index in [2.05, 4.69) is 5.16 Å². The highest BCUT2D eigenvalue weighted by Gasteiger charge is 2.03. The van der Waals surface area contributed by atoms with Crippen LogP contribution in [0.4, 0.5) is 5.69 Å². The molecule has 13 heavy (non-hydrogen) atoms. The molecule has 0 aliphatic carbocycles. The van der Waals surface area contributed by atoms with Crippen LogP contribution in [0.1, 0.15) is 6.92 Å². The zero-order valence-electron chi connectivity index (χ0n) is 7.11. The maximum Gasteiger partial charge on any atom is 0.159 e. The predicted molar refractivity (Wildman–Crippen MR) is 53.0 cm³/mol. The Bertz CT molecular complexity index is 310. The lowest BCUT2D eigenvalue weighted by molar-refractivity contribution is 0.317. The number of oxime groups is 1. The number of hydrogen-bond donors (Lipinski definition) is 2. The van der Waals surface area contributed by atoms with Crippen molar-refractivity contribution in [3.63, 3.8) is 0 Å². The topological polar surface area (TPSA) is 61.9 Å². The first kappa shape index (κ1) is 9.83. The highest BCUT2D eigenvalue weighted by Crippen LogP contribution is 2.15. The Morgan fingerprint density at radius 1 is 1.46 bits per heavy atom. The molecular weight excluding hydrogens is 190 g/mol. The van der Waals surface area contributed by atoms with E-state index in [4.69, 9.17) is 22.7 Å². The molecule has 3 N–H and O–H groups in total. The quantitative estimate of drug-likeness (QED) is 0.239. The minimum absolute atomic E-state index is 0.308. The molecule has 0 aliphatic rings. The van der Waals surface area contributed by atoms with Gasteiger partial charge in [-0.3, -0.25) is 5.01 Å². The third-order valence-electron chi connectivity index (χ3n) is 1.60. The molecular formula is C8H10ClN3O. The van der Waals surface area contributed by atoms with Crippen molar-refractivity contribution in [3.8, 4) is 0 Å². The first-order chi connectivity index (χ1) is 6.15. The van der Waals surface area contributed by atoms with Gasteiger partial charge in [-0.15, -0.1) is 0 Å². The molecule has 1 aromatic rings. The van der Waals surface area contributed by atoms with E-state index in [9.17, 15) is 0 Å². The Hall–Kier alpha value is -1.26. The summed E-state index contributed by atoms with van der Waals surface area (Å²) in [6, 6.07) is 6.89. The molecule has 0 spiro atoms. The lowest BCUT2D eigenvalue weighted by Gasteiger charge is -2.16. The molecule has 5 heteroatoms. The predicted octanol–water partition coefficient (Wildman–Crippen LogP) is 1.83. The molecule has 0 fully saturated rings. The fraction of sp³-hybridized carbons (Fsp3) is 0.125. The normalized spacial score (nSPS) is 11.5. The number of hydrogen-bond acceptors (Lipinski definition) is 3. The lowest BCUT2D eigenvalue weighted by atomic mass is 10.3. The van der Waals surface area contributed by atoms with E-state index < -0.39 is 0 Å². The number of anilines is 1. The molecule has 0 heterocycles. The molecule has 4 nitrogen and oxygen atoms in total. The standard InChI is InChI=1S/C8H10ClN3O/c1-6(11-13)12(10)8-4-2-7(9)3-5-8/h2-5,13H,10H2,1H3/b11-6-. The van der Waals surface area contributed by atoms with Crippen LogP contribution in [0, 0.1) is 0 Å². The summed E-state index contributed by atoms with van der Waals surface area (Å²) in [5.74, 6) is 5.91. The van der Waals surface area contributed by atoms with Crippen LogP contribution in [-0.4, -0.2) is 11.0 Å². The Morgan fingerprint density at radius 2 is 2.00 bits per heavy atom. The Morgan fingerprint density at radius 3 is 2.46 bits per heavy atom. The Kier molecular flexibility index (Phi) is 3.11. The maximum atomic E-state index is 8.46. The molecule has 1 aromatic carbocycles. The number of benzene rings is 1. The SMILES string of the molecule is C/C(=N/O)N(N)c1ccc(Cl)cc1. The van der Waals surface area contributed by atoms with Crippen LogP contribution in [0.15, 0.2) is 29.4 Å². The maximum absolute atomic E-state index is 8.46. The third-order valence-corrected chi connectivity index (χ3v) is 1.85. The Balaban J connectivity index is 2.89. The van der Waals surface area contributed by atoms with Crippen molar-refractivity contribution >= 4 is 23.1 Å². The molecule has 0 unspecified atom stereocenters. The van der Waals surface area contributed by atoms with E-state index in [1.165, 1.54) is 5.01 Å². The lowest BCUT2D eigenvalue weighted by Crippen LogP contribution is -2.35. The summed E-state index contributed by atoms with van der Waals surface area (Å²) in [7, 11) is 0. The first-order valence-corrected chi connectivity index (χ1v) is 4.02. The van der Waals surface area contributed by atoms with Crippen LogP contribution in [0.2, 0.25) is 5.02 Å². The van der Waals surface area contributed by atoms with Crippen LogP contribution in [0.3, 0.4) is 0 Å². The van der Waals surface area contributed by atoms with Crippen molar-refractivity contribution in [1.82, 2.24) is 0 Å². The van der Waals surface area contributed by atoms with Gasteiger partial charge < -0.3 is 5.21 Å². The zero-order valence-corrected chi connectivity index (χ0v) is 7.86. The van der Waals surface area contributed by atoms with Gasteiger partial charge in [-0.05, 0) is 31.2 Å². The summed E-state index contributed by atoms with van der Waals surface area (Å²) in [4.78, 5) is 0. The summed E-state index contributed by atoms with van der Waals surface area (Å²) in [6.07, 6.45) is 0. The van der Waals surface area contributed by atoms with Crippen molar-refractivity contribution in [3.05, 3.63) is 29.3 Å². The largest absolute Gasteiger partial charge is 0.409 e. The number of amidine groups is 1. The summed E-state index contributed by atoms with van der Waals surface area (Å²) in [5, 5.41) is 13.3. The van der Waals surface area contributed by atoms with Gasteiger partial charge in [-0.25, -0.2) is 5.84 Å². The highest BCUT2D eigenvalue weighted by atomic mass is 35.5. The van der Waals surface area contributed by atoms with Gasteiger partial charge in [0.15, 0.2) is 5.84 Å². The van der Waals surface area contributed by atoms with E-state index >= 15 is 0 Å². The van der Waals surface area contributed by atoms with E-state index in [1.54, 1.807) is 31.2 Å². The molecule has 0 atom stereocenters. The summed E-state index contributed by atoms with van der Waals surface area (Å²) in [6.45, 7) is 1.59. The molecule has 0 aromatic heterocycles. The van der Waals surface area contributed by atoms with Crippen molar-refractivity contribution < 1.29 is 5.21 Å². The van der Waals surface area contributed by atoms with Gasteiger partial charge in [0.1, 0.15) is 0 Å². The number of rotatable bonds is 1. The number of hydrazine groups is 1. The monoisotopic (exact) mass is 199 g/mol. The third kappa shape index (κ3) is 2.34. The molecule has 1 rings (SSSR count). The molecule has 0 amide bonds. The smallest absolute Gasteiger partial charge is 0.159 e. The fourth-order valence-electron chi connectivity index (χ4n) is 0.837. The molecule has 70 valence electrons. The van der Waals surface area contributed by atoms with Gasteiger partial charge in [0.2, 0.25) is 0 Å². The minimum Gasteiger partial charge on any atom is -0.409 e. The highest BCUT2D eigenvalue weighted by molar-refractivity contribution is 6.30. The van der Waals surface area contributed by atoms with Crippen LogP contribution in [0.5, 0.6) is 0 Å². The zero-order chi connectivity index (χ0) is 9.84. The molecule has 0 radical (unpaired) electrons. The van der Waals surface area contributed by atoms with E-state index in [0.717, 1.165) is 0 Å². The molecule has 0 aliphatic heterocycles. The average Bonchev–Trinajstić information content (AvgIpc) is 2.17. The van der Waals surface area contributed by atoms with E-state index in [0.29, 0.717) is 16.5 Å². The number of nitrogens with zero attached hydrogens (tertiary/aromatic N) is 2. The summed E-state index contributed by atoms with van der Waals surface area (Å²) >= 11 is 5.69. The van der Waals surface area contributed by atoms with Crippen LogP contribution < -0.4 is 10.9 Å². The van der Waals surface area contributed by atoms with E-state index in [-0.39, 0.29) is 0 Å². The fourth-order valence-corrected chi connectivity index (χ4v) is 0.963. The molecule has 0 saturated carbocycles. The summed E-state index contributed by atoms with van der Waals surface area (Å²) in [5.41, 5.74) is 0.708. The van der Waals surface area contributed by atoms with Crippen molar-refractivity contribution in [2.24, 2.45) is 11.0 Å². The number of nitrogens with two attached hydrogens (primary N) is 1. The van der Waals surface area contributed by atoms with Gasteiger partial charge in [-0.2, -0.15) is 0 Å². The molecule has 0 saturated heterocycles. The van der Waals surface area contributed by atoms with Crippen LogP contribution >= 0.6 is 11.6 Å². The van der Waals surface area contributed by atoms with Gasteiger partial charge in [0.25, 0.3) is 0 Å². The average molecular weight is 200 g/mol. The van der Waals surface area contributed by atoms with E-state index in [1.807, 2.05) is 0 Å². The molecule has 0 bridgehead atoms. The van der Waals surface area contributed by atoms with Crippen molar-refractivity contribution in [1.29, 1.82) is 0 Å². The van der Waals surface area contributed by atoms with Crippen LogP contribution in [0.25, 0.3) is 0 Å². The van der Waals surface area contributed by atoms with Crippen molar-refractivity contribution in [2.45, 2.75) is 6.92 Å². The van der Waals surface area contributed by atoms with Crippen molar-refractivity contribution in [2.75, 3.05) is 5.01 Å². The van der Waals surface area contributed by atoms with Crippen LogP contribution in [-0.2, 0) is 0 Å². The second-order valence-electron chi connectivity index (χ2n) is 2.49.